The summed E-state index contributed by atoms with van der Waals surface area (Å²) >= 11 is 0. The zero-order valence-electron chi connectivity index (χ0n) is 9.04. The van der Waals surface area contributed by atoms with Crippen molar-refractivity contribution in [3.63, 3.8) is 0 Å². The Labute approximate surface area is 89.7 Å². The van der Waals surface area contributed by atoms with Crippen LogP contribution in [0.3, 0.4) is 0 Å². The molecule has 0 atom stereocenters. The number of hydrogen-bond donors (Lipinski definition) is 1. The van der Waals surface area contributed by atoms with Crippen molar-refractivity contribution in [1.29, 1.82) is 10.5 Å². The Hall–Kier alpha value is -1.78. The summed E-state index contributed by atoms with van der Waals surface area (Å²) in [6.45, 7) is 3.39. The molecule has 78 valence electrons. The molecular formula is C11H14N4. The average molecular weight is 202 g/mol. The van der Waals surface area contributed by atoms with Crippen molar-refractivity contribution in [2.45, 2.75) is 19.9 Å². The Kier molecular flexibility index (Phi) is 3.91. The van der Waals surface area contributed by atoms with E-state index >= 15 is 0 Å². The Morgan fingerprint density at radius 3 is 2.73 bits per heavy atom. The maximum atomic E-state index is 8.83. The lowest BCUT2D eigenvalue weighted by molar-refractivity contribution is 0.693. The van der Waals surface area contributed by atoms with Crippen LogP contribution in [0.15, 0.2) is 6.07 Å². The fourth-order valence-corrected chi connectivity index (χ4v) is 1.42. The molecule has 0 unspecified atom stereocenters. The van der Waals surface area contributed by atoms with Gasteiger partial charge in [0.05, 0.1) is 6.07 Å². The van der Waals surface area contributed by atoms with Gasteiger partial charge in [-0.1, -0.05) is 0 Å². The van der Waals surface area contributed by atoms with E-state index in [0.29, 0.717) is 25.2 Å². The molecule has 0 bridgehead atoms. The molecule has 4 heteroatoms. The van der Waals surface area contributed by atoms with Crippen LogP contribution in [0.1, 0.15) is 23.4 Å². The summed E-state index contributed by atoms with van der Waals surface area (Å²) in [4.78, 5) is 0. The Morgan fingerprint density at radius 2 is 2.20 bits per heavy atom. The number of nitriles is 2. The quantitative estimate of drug-likeness (QED) is 0.746. The van der Waals surface area contributed by atoms with Gasteiger partial charge in [-0.3, -0.25) is 0 Å². The van der Waals surface area contributed by atoms with E-state index in [1.165, 1.54) is 0 Å². The fraction of sp³-hybridized carbons (Fsp3) is 0.455. The predicted octanol–water partition coefficient (Wildman–Crippen LogP) is 1.21. The Balaban J connectivity index is 2.63. The molecule has 1 N–H and O–H groups in total. The molecular weight excluding hydrogens is 188 g/mol. The van der Waals surface area contributed by atoms with Crippen LogP contribution in [0.2, 0.25) is 0 Å². The highest BCUT2D eigenvalue weighted by molar-refractivity contribution is 5.33. The van der Waals surface area contributed by atoms with Crippen LogP contribution in [-0.4, -0.2) is 11.1 Å². The first-order valence-corrected chi connectivity index (χ1v) is 4.83. The standard InChI is InChI=1S/C11H14N4/c1-9-10(8-14-5-3-4-12)6-11(7-13)15(9)2/h6,14H,3,5,8H2,1-2H3. The smallest absolute Gasteiger partial charge is 0.120 e. The third-order valence-electron chi connectivity index (χ3n) is 2.48. The summed E-state index contributed by atoms with van der Waals surface area (Å²) < 4.78 is 1.88. The van der Waals surface area contributed by atoms with Crippen molar-refractivity contribution in [1.82, 2.24) is 9.88 Å². The van der Waals surface area contributed by atoms with E-state index in [-0.39, 0.29) is 0 Å². The summed E-state index contributed by atoms with van der Waals surface area (Å²) in [5, 5.41) is 20.4. The van der Waals surface area contributed by atoms with E-state index in [9.17, 15) is 0 Å². The molecule has 0 spiro atoms. The molecule has 0 amide bonds. The molecule has 1 rings (SSSR count). The monoisotopic (exact) mass is 202 g/mol. The van der Waals surface area contributed by atoms with Crippen LogP contribution in [0.25, 0.3) is 0 Å². The highest BCUT2D eigenvalue weighted by Gasteiger charge is 2.07. The van der Waals surface area contributed by atoms with Crippen molar-refractivity contribution in [2.75, 3.05) is 6.54 Å². The number of nitrogens with zero attached hydrogens (tertiary/aromatic N) is 3. The molecule has 0 fully saturated rings. The number of nitrogens with one attached hydrogen (secondary N) is 1. The van der Waals surface area contributed by atoms with Crippen LogP contribution in [0, 0.1) is 29.6 Å². The van der Waals surface area contributed by atoms with Crippen molar-refractivity contribution in [3.8, 4) is 12.1 Å². The van der Waals surface area contributed by atoms with E-state index in [4.69, 9.17) is 10.5 Å². The van der Waals surface area contributed by atoms with Crippen molar-refractivity contribution in [3.05, 3.63) is 23.0 Å². The molecule has 4 nitrogen and oxygen atoms in total. The van der Waals surface area contributed by atoms with Crippen LogP contribution in [0.5, 0.6) is 0 Å². The number of hydrogen-bond acceptors (Lipinski definition) is 3. The largest absolute Gasteiger partial charge is 0.340 e. The van der Waals surface area contributed by atoms with Gasteiger partial charge in [-0.2, -0.15) is 10.5 Å². The molecule has 0 aromatic carbocycles. The SMILES string of the molecule is Cc1c(CNCCC#N)cc(C#N)n1C. The predicted molar refractivity (Wildman–Crippen MR) is 56.8 cm³/mol. The minimum Gasteiger partial charge on any atom is -0.340 e. The molecule has 1 aromatic rings. The lowest BCUT2D eigenvalue weighted by Crippen LogP contribution is -2.14. The highest BCUT2D eigenvalue weighted by Crippen LogP contribution is 2.12. The van der Waals surface area contributed by atoms with E-state index in [0.717, 1.165) is 11.3 Å². The van der Waals surface area contributed by atoms with Crippen LogP contribution < -0.4 is 5.32 Å². The third-order valence-corrected chi connectivity index (χ3v) is 2.48. The molecule has 1 aromatic heterocycles. The van der Waals surface area contributed by atoms with E-state index in [1.807, 2.05) is 24.6 Å². The van der Waals surface area contributed by atoms with Gasteiger partial charge in [0, 0.05) is 32.3 Å². The second-order valence-corrected chi connectivity index (χ2v) is 3.40. The van der Waals surface area contributed by atoms with Crippen LogP contribution in [0.4, 0.5) is 0 Å². The zero-order valence-corrected chi connectivity index (χ0v) is 9.04. The first-order chi connectivity index (χ1) is 7.20. The normalized spacial score (nSPS) is 9.60. The van der Waals surface area contributed by atoms with Crippen LogP contribution in [-0.2, 0) is 13.6 Å². The number of aromatic nitrogens is 1. The molecule has 0 saturated carbocycles. The molecule has 0 aliphatic rings. The number of rotatable bonds is 4. The molecule has 1 heterocycles. The lowest BCUT2D eigenvalue weighted by atomic mass is 10.2. The average Bonchev–Trinajstić information content (AvgIpc) is 2.52. The lowest BCUT2D eigenvalue weighted by Gasteiger charge is -2.02. The van der Waals surface area contributed by atoms with Crippen molar-refractivity contribution >= 4 is 0 Å². The minimum atomic E-state index is 0.511. The van der Waals surface area contributed by atoms with E-state index in [2.05, 4.69) is 17.5 Å². The summed E-state index contributed by atoms with van der Waals surface area (Å²) in [5.74, 6) is 0. The van der Waals surface area contributed by atoms with Gasteiger partial charge in [-0.25, -0.2) is 0 Å². The summed E-state index contributed by atoms with van der Waals surface area (Å²) in [7, 11) is 1.88. The van der Waals surface area contributed by atoms with Crippen LogP contribution >= 0.6 is 0 Å². The Bertz CT molecular complexity index is 417. The second kappa shape index (κ2) is 5.19. The first kappa shape index (κ1) is 11.3. The maximum Gasteiger partial charge on any atom is 0.120 e. The molecule has 0 aliphatic carbocycles. The second-order valence-electron chi connectivity index (χ2n) is 3.40. The van der Waals surface area contributed by atoms with Gasteiger partial charge in [0.1, 0.15) is 11.8 Å². The van der Waals surface area contributed by atoms with Crippen molar-refractivity contribution in [2.24, 2.45) is 7.05 Å². The molecule has 15 heavy (non-hydrogen) atoms. The van der Waals surface area contributed by atoms with Gasteiger partial charge in [0.25, 0.3) is 0 Å². The summed E-state index contributed by atoms with van der Waals surface area (Å²) in [6, 6.07) is 6.10. The van der Waals surface area contributed by atoms with Gasteiger partial charge in [0.2, 0.25) is 0 Å². The van der Waals surface area contributed by atoms with E-state index < -0.39 is 0 Å². The molecule has 0 radical (unpaired) electrons. The Morgan fingerprint density at radius 1 is 1.47 bits per heavy atom. The van der Waals surface area contributed by atoms with Gasteiger partial charge in [-0.05, 0) is 18.6 Å². The van der Waals surface area contributed by atoms with Crippen molar-refractivity contribution < 1.29 is 0 Å². The first-order valence-electron chi connectivity index (χ1n) is 4.83. The highest BCUT2D eigenvalue weighted by atomic mass is 15.0. The third kappa shape index (κ3) is 2.59. The summed E-state index contributed by atoms with van der Waals surface area (Å²) in [5.41, 5.74) is 2.88. The summed E-state index contributed by atoms with van der Waals surface area (Å²) in [6.07, 6.45) is 0.511. The van der Waals surface area contributed by atoms with Gasteiger partial charge in [-0.15, -0.1) is 0 Å². The van der Waals surface area contributed by atoms with Gasteiger partial charge in [0.15, 0.2) is 0 Å². The molecule has 0 saturated heterocycles. The maximum absolute atomic E-state index is 8.83. The van der Waals surface area contributed by atoms with Gasteiger partial charge < -0.3 is 9.88 Å². The zero-order chi connectivity index (χ0) is 11.3. The van der Waals surface area contributed by atoms with E-state index in [1.54, 1.807) is 0 Å². The molecule has 0 aliphatic heterocycles. The van der Waals surface area contributed by atoms with Gasteiger partial charge >= 0.3 is 0 Å². The fourth-order valence-electron chi connectivity index (χ4n) is 1.42. The minimum absolute atomic E-state index is 0.511. The topological polar surface area (TPSA) is 64.5 Å².